The summed E-state index contributed by atoms with van der Waals surface area (Å²) in [4.78, 5) is 14.5. The molecule has 1 amide bonds. The van der Waals surface area contributed by atoms with Crippen LogP contribution in [0.3, 0.4) is 0 Å². The lowest BCUT2D eigenvalue weighted by atomic mass is 10.0. The van der Waals surface area contributed by atoms with Crippen LogP contribution in [0.4, 0.5) is 0 Å². The van der Waals surface area contributed by atoms with E-state index in [0.29, 0.717) is 30.6 Å². The van der Waals surface area contributed by atoms with Crippen LogP contribution in [-0.4, -0.2) is 48.2 Å². The highest BCUT2D eigenvalue weighted by molar-refractivity contribution is 5.92. The second kappa shape index (κ2) is 7.56. The normalized spacial score (nSPS) is 19.0. The van der Waals surface area contributed by atoms with Gasteiger partial charge in [-0.3, -0.25) is 4.79 Å². The minimum Gasteiger partial charge on any atom is -0.377 e. The number of aromatic nitrogens is 1. The SMILES string of the molecule is COCc1cc(C(=O)N(CC2CCCCN2)C(C)C)no1. The van der Waals surface area contributed by atoms with Crippen LogP contribution in [0.1, 0.15) is 49.4 Å². The number of carbonyl (C=O) groups is 1. The van der Waals surface area contributed by atoms with Crippen molar-refractivity contribution in [3.05, 3.63) is 17.5 Å². The zero-order valence-electron chi connectivity index (χ0n) is 13.1. The highest BCUT2D eigenvalue weighted by Gasteiger charge is 2.25. The molecule has 1 N–H and O–H groups in total. The minimum absolute atomic E-state index is 0.0801. The number of ether oxygens (including phenoxy) is 1. The summed E-state index contributed by atoms with van der Waals surface area (Å²) in [5, 5.41) is 7.34. The maximum Gasteiger partial charge on any atom is 0.276 e. The number of nitrogens with one attached hydrogen (secondary N) is 1. The van der Waals surface area contributed by atoms with Crippen molar-refractivity contribution in [1.82, 2.24) is 15.4 Å². The molecule has 0 saturated carbocycles. The van der Waals surface area contributed by atoms with Gasteiger partial charge in [0.15, 0.2) is 11.5 Å². The van der Waals surface area contributed by atoms with Gasteiger partial charge in [-0.1, -0.05) is 11.6 Å². The molecule has 6 nitrogen and oxygen atoms in total. The van der Waals surface area contributed by atoms with Crippen molar-refractivity contribution in [2.75, 3.05) is 20.2 Å². The molecule has 1 aliphatic heterocycles. The summed E-state index contributed by atoms with van der Waals surface area (Å²) in [6, 6.07) is 2.16. The lowest BCUT2D eigenvalue weighted by Gasteiger charge is -2.32. The lowest BCUT2D eigenvalue weighted by Crippen LogP contribution is -2.48. The number of rotatable bonds is 6. The predicted octanol–water partition coefficient (Wildman–Crippen LogP) is 1.81. The van der Waals surface area contributed by atoms with Gasteiger partial charge in [0, 0.05) is 31.8 Å². The van der Waals surface area contributed by atoms with Crippen molar-refractivity contribution in [3.8, 4) is 0 Å². The summed E-state index contributed by atoms with van der Waals surface area (Å²) in [5.74, 6) is 0.490. The number of methoxy groups -OCH3 is 1. The fourth-order valence-corrected chi connectivity index (χ4v) is 2.62. The van der Waals surface area contributed by atoms with Crippen LogP contribution in [0.25, 0.3) is 0 Å². The lowest BCUT2D eigenvalue weighted by molar-refractivity contribution is 0.0665. The van der Waals surface area contributed by atoms with Crippen LogP contribution < -0.4 is 5.32 Å². The second-order valence-electron chi connectivity index (χ2n) is 5.81. The largest absolute Gasteiger partial charge is 0.377 e. The first-order valence-electron chi connectivity index (χ1n) is 7.60. The molecule has 118 valence electrons. The van der Waals surface area contributed by atoms with Crippen LogP contribution in [-0.2, 0) is 11.3 Å². The van der Waals surface area contributed by atoms with E-state index in [-0.39, 0.29) is 11.9 Å². The average Bonchev–Trinajstić information content (AvgIpc) is 2.94. The minimum atomic E-state index is -0.0801. The molecule has 6 heteroatoms. The maximum atomic E-state index is 12.6. The van der Waals surface area contributed by atoms with Gasteiger partial charge in [0.25, 0.3) is 5.91 Å². The van der Waals surface area contributed by atoms with E-state index in [4.69, 9.17) is 9.26 Å². The Balaban J connectivity index is 2.03. The monoisotopic (exact) mass is 295 g/mol. The standard InChI is InChI=1S/C15H25N3O3/c1-11(2)18(9-12-6-4-5-7-16-12)15(19)14-8-13(10-20-3)21-17-14/h8,11-12,16H,4-7,9-10H2,1-3H3. The Labute approximate surface area is 125 Å². The van der Waals surface area contributed by atoms with Crippen LogP contribution in [0.15, 0.2) is 10.6 Å². The van der Waals surface area contributed by atoms with E-state index in [1.54, 1.807) is 13.2 Å². The van der Waals surface area contributed by atoms with Gasteiger partial charge < -0.3 is 19.5 Å². The number of nitrogens with zero attached hydrogens (tertiary/aromatic N) is 2. The summed E-state index contributed by atoms with van der Waals surface area (Å²) in [5.41, 5.74) is 0.353. The Morgan fingerprint density at radius 3 is 3.00 bits per heavy atom. The van der Waals surface area contributed by atoms with Gasteiger partial charge in [0.2, 0.25) is 0 Å². The van der Waals surface area contributed by atoms with Gasteiger partial charge in [-0.05, 0) is 33.2 Å². The molecule has 1 unspecified atom stereocenters. The summed E-state index contributed by atoms with van der Waals surface area (Å²) < 4.78 is 10.1. The van der Waals surface area contributed by atoms with Crippen molar-refractivity contribution >= 4 is 5.91 Å². The molecule has 2 rings (SSSR count). The molecule has 0 bridgehead atoms. The Morgan fingerprint density at radius 1 is 1.57 bits per heavy atom. The molecule has 21 heavy (non-hydrogen) atoms. The Kier molecular flexibility index (Phi) is 5.76. The molecular formula is C15H25N3O3. The number of carbonyl (C=O) groups excluding carboxylic acids is 1. The van der Waals surface area contributed by atoms with E-state index >= 15 is 0 Å². The van der Waals surface area contributed by atoms with E-state index in [9.17, 15) is 4.79 Å². The summed E-state index contributed by atoms with van der Waals surface area (Å²) in [7, 11) is 1.58. The number of hydrogen-bond donors (Lipinski definition) is 1. The van der Waals surface area contributed by atoms with Crippen molar-refractivity contribution in [2.24, 2.45) is 0 Å². The zero-order valence-corrected chi connectivity index (χ0v) is 13.1. The molecule has 1 atom stereocenters. The van der Waals surface area contributed by atoms with Crippen molar-refractivity contribution in [2.45, 2.75) is 51.8 Å². The van der Waals surface area contributed by atoms with Gasteiger partial charge in [-0.2, -0.15) is 0 Å². The Hall–Kier alpha value is -1.40. The van der Waals surface area contributed by atoms with E-state index < -0.39 is 0 Å². The molecule has 1 fully saturated rings. The second-order valence-corrected chi connectivity index (χ2v) is 5.81. The average molecular weight is 295 g/mol. The summed E-state index contributed by atoms with van der Waals surface area (Å²) >= 11 is 0. The third-order valence-electron chi connectivity index (χ3n) is 3.78. The smallest absolute Gasteiger partial charge is 0.276 e. The van der Waals surface area contributed by atoms with Crippen molar-refractivity contribution in [1.29, 1.82) is 0 Å². The molecule has 0 spiro atoms. The molecule has 0 aromatic carbocycles. The van der Waals surface area contributed by atoms with Crippen LogP contribution in [0.5, 0.6) is 0 Å². The highest BCUT2D eigenvalue weighted by atomic mass is 16.5. The summed E-state index contributed by atoms with van der Waals surface area (Å²) in [6.45, 7) is 6.12. The van der Waals surface area contributed by atoms with Gasteiger partial charge in [-0.25, -0.2) is 0 Å². The maximum absolute atomic E-state index is 12.6. The van der Waals surface area contributed by atoms with Gasteiger partial charge in [0.1, 0.15) is 6.61 Å². The zero-order chi connectivity index (χ0) is 15.2. The Morgan fingerprint density at radius 2 is 2.38 bits per heavy atom. The molecule has 0 aliphatic carbocycles. The first kappa shape index (κ1) is 16.0. The molecule has 1 aromatic rings. The number of piperidine rings is 1. The number of amides is 1. The van der Waals surface area contributed by atoms with E-state index in [0.717, 1.165) is 13.0 Å². The summed E-state index contributed by atoms with van der Waals surface area (Å²) in [6.07, 6.45) is 3.56. The van der Waals surface area contributed by atoms with Crippen molar-refractivity contribution < 1.29 is 14.1 Å². The van der Waals surface area contributed by atoms with Crippen LogP contribution in [0.2, 0.25) is 0 Å². The van der Waals surface area contributed by atoms with Gasteiger partial charge in [0.05, 0.1) is 0 Å². The Bertz CT molecular complexity index is 453. The topological polar surface area (TPSA) is 67.6 Å². The molecule has 1 aromatic heterocycles. The van der Waals surface area contributed by atoms with Gasteiger partial charge in [-0.15, -0.1) is 0 Å². The molecule has 1 aliphatic rings. The van der Waals surface area contributed by atoms with Crippen LogP contribution >= 0.6 is 0 Å². The van der Waals surface area contributed by atoms with E-state index in [1.165, 1.54) is 12.8 Å². The first-order valence-corrected chi connectivity index (χ1v) is 7.60. The predicted molar refractivity (Wildman–Crippen MR) is 79.0 cm³/mol. The fraction of sp³-hybridized carbons (Fsp3) is 0.733. The third-order valence-corrected chi connectivity index (χ3v) is 3.78. The quantitative estimate of drug-likeness (QED) is 0.867. The highest BCUT2D eigenvalue weighted by Crippen LogP contribution is 2.14. The van der Waals surface area contributed by atoms with E-state index in [1.807, 2.05) is 18.7 Å². The third kappa shape index (κ3) is 4.28. The fourth-order valence-electron chi connectivity index (χ4n) is 2.62. The van der Waals surface area contributed by atoms with Gasteiger partial charge >= 0.3 is 0 Å². The van der Waals surface area contributed by atoms with Crippen molar-refractivity contribution in [3.63, 3.8) is 0 Å². The molecule has 1 saturated heterocycles. The molecule has 2 heterocycles. The first-order chi connectivity index (χ1) is 10.1. The van der Waals surface area contributed by atoms with Crippen LogP contribution in [0, 0.1) is 0 Å². The molecule has 0 radical (unpaired) electrons. The number of hydrogen-bond acceptors (Lipinski definition) is 5. The molecular weight excluding hydrogens is 270 g/mol. The van der Waals surface area contributed by atoms with E-state index in [2.05, 4.69) is 10.5 Å².